The molecular formula is C12H16N2OS. The Hall–Kier alpha value is -1.00. The summed E-state index contributed by atoms with van der Waals surface area (Å²) in [6.45, 7) is 0.410. The molecule has 1 aromatic carbocycles. The molecule has 3 nitrogen and oxygen atoms in total. The highest BCUT2D eigenvalue weighted by Crippen LogP contribution is 2.24. The summed E-state index contributed by atoms with van der Waals surface area (Å²) < 4.78 is 0. The number of benzene rings is 1. The van der Waals surface area contributed by atoms with E-state index in [-0.39, 0.29) is 5.91 Å². The van der Waals surface area contributed by atoms with Gasteiger partial charge in [-0.25, -0.2) is 0 Å². The number of anilines is 1. The first-order valence-electron chi connectivity index (χ1n) is 5.46. The zero-order valence-electron chi connectivity index (χ0n) is 9.32. The van der Waals surface area contributed by atoms with E-state index in [9.17, 15) is 4.79 Å². The van der Waals surface area contributed by atoms with Crippen LogP contribution in [0.3, 0.4) is 0 Å². The third-order valence-corrected chi connectivity index (χ3v) is 3.31. The van der Waals surface area contributed by atoms with Crippen LogP contribution in [0.1, 0.15) is 12.8 Å². The summed E-state index contributed by atoms with van der Waals surface area (Å²) in [5, 5.41) is 6.12. The molecule has 0 unspecified atom stereocenters. The summed E-state index contributed by atoms with van der Waals surface area (Å²) in [5.74, 6) is 0.0356. The molecule has 0 atom stereocenters. The van der Waals surface area contributed by atoms with Crippen LogP contribution in [-0.2, 0) is 4.79 Å². The van der Waals surface area contributed by atoms with Gasteiger partial charge < -0.3 is 10.6 Å². The number of hydrogen-bond donors (Lipinski definition) is 2. The second-order valence-corrected chi connectivity index (χ2v) is 4.75. The van der Waals surface area contributed by atoms with Crippen molar-refractivity contribution in [3.8, 4) is 0 Å². The van der Waals surface area contributed by atoms with Gasteiger partial charge in [0, 0.05) is 10.9 Å². The average Bonchev–Trinajstić information content (AvgIpc) is 3.11. The van der Waals surface area contributed by atoms with Crippen molar-refractivity contribution in [1.29, 1.82) is 0 Å². The molecule has 2 rings (SSSR count). The summed E-state index contributed by atoms with van der Waals surface area (Å²) in [5.41, 5.74) is 0.901. The predicted octanol–water partition coefficient (Wildman–Crippen LogP) is 2.10. The minimum atomic E-state index is 0.0356. The minimum absolute atomic E-state index is 0.0356. The molecular weight excluding hydrogens is 220 g/mol. The first kappa shape index (κ1) is 11.5. The van der Waals surface area contributed by atoms with Gasteiger partial charge in [0.05, 0.1) is 12.2 Å². The number of hydrogen-bond acceptors (Lipinski definition) is 3. The summed E-state index contributed by atoms with van der Waals surface area (Å²) in [6, 6.07) is 8.42. The quantitative estimate of drug-likeness (QED) is 0.769. The summed E-state index contributed by atoms with van der Waals surface area (Å²) in [7, 11) is 0. The van der Waals surface area contributed by atoms with Gasteiger partial charge in [-0.2, -0.15) is 0 Å². The van der Waals surface area contributed by atoms with Crippen molar-refractivity contribution in [3.05, 3.63) is 24.3 Å². The minimum Gasteiger partial charge on any atom is -0.324 e. The topological polar surface area (TPSA) is 41.1 Å². The summed E-state index contributed by atoms with van der Waals surface area (Å²) >= 11 is 1.64. The normalized spacial score (nSPS) is 14.8. The Morgan fingerprint density at radius 2 is 2.19 bits per heavy atom. The van der Waals surface area contributed by atoms with Gasteiger partial charge in [-0.3, -0.25) is 4.79 Å². The highest BCUT2D eigenvalue weighted by Gasteiger charge is 2.21. The lowest BCUT2D eigenvalue weighted by Gasteiger charge is -2.09. The maximum atomic E-state index is 11.6. The molecule has 0 radical (unpaired) electrons. The molecule has 2 N–H and O–H groups in total. The third-order valence-electron chi connectivity index (χ3n) is 2.51. The molecule has 4 heteroatoms. The van der Waals surface area contributed by atoms with Crippen LogP contribution in [0, 0.1) is 0 Å². The van der Waals surface area contributed by atoms with Gasteiger partial charge in [0.2, 0.25) is 5.91 Å². The lowest BCUT2D eigenvalue weighted by Crippen LogP contribution is -2.29. The standard InChI is InChI=1S/C12H16N2OS/c1-16-11-5-3-2-4-10(11)14-12(15)8-13-9-6-7-9/h2-5,9,13H,6-8H2,1H3,(H,14,15). The van der Waals surface area contributed by atoms with Gasteiger partial charge in [-0.15, -0.1) is 11.8 Å². The van der Waals surface area contributed by atoms with Crippen LogP contribution in [0.4, 0.5) is 5.69 Å². The van der Waals surface area contributed by atoms with Gasteiger partial charge in [0.15, 0.2) is 0 Å². The van der Waals surface area contributed by atoms with Gasteiger partial charge in [-0.05, 0) is 31.2 Å². The van der Waals surface area contributed by atoms with E-state index in [4.69, 9.17) is 0 Å². The van der Waals surface area contributed by atoms with Crippen molar-refractivity contribution >= 4 is 23.4 Å². The van der Waals surface area contributed by atoms with Gasteiger partial charge in [0.1, 0.15) is 0 Å². The fourth-order valence-corrected chi connectivity index (χ4v) is 2.02. The molecule has 0 aliphatic heterocycles. The Morgan fingerprint density at radius 3 is 2.88 bits per heavy atom. The average molecular weight is 236 g/mol. The number of rotatable bonds is 5. The highest BCUT2D eigenvalue weighted by atomic mass is 32.2. The van der Waals surface area contributed by atoms with E-state index in [1.54, 1.807) is 11.8 Å². The molecule has 16 heavy (non-hydrogen) atoms. The molecule has 1 aromatic rings. The smallest absolute Gasteiger partial charge is 0.238 e. The van der Waals surface area contributed by atoms with Crippen LogP contribution < -0.4 is 10.6 Å². The molecule has 86 valence electrons. The Kier molecular flexibility index (Phi) is 3.85. The summed E-state index contributed by atoms with van der Waals surface area (Å²) in [4.78, 5) is 12.7. The SMILES string of the molecule is CSc1ccccc1NC(=O)CNC1CC1. The van der Waals surface area contributed by atoms with Crippen molar-refractivity contribution in [3.63, 3.8) is 0 Å². The molecule has 1 aliphatic rings. The fourth-order valence-electron chi connectivity index (χ4n) is 1.47. The van der Waals surface area contributed by atoms with Crippen molar-refractivity contribution in [1.82, 2.24) is 5.32 Å². The zero-order valence-corrected chi connectivity index (χ0v) is 10.1. The number of carbonyl (C=O) groups excluding carboxylic acids is 1. The molecule has 0 aromatic heterocycles. The Labute approximate surface area is 100.0 Å². The van der Waals surface area contributed by atoms with Crippen LogP contribution in [-0.4, -0.2) is 24.7 Å². The predicted molar refractivity (Wildman–Crippen MR) is 67.9 cm³/mol. The third kappa shape index (κ3) is 3.25. The monoisotopic (exact) mass is 236 g/mol. The van der Waals surface area contributed by atoms with E-state index in [1.807, 2.05) is 30.5 Å². The van der Waals surface area contributed by atoms with Crippen molar-refractivity contribution < 1.29 is 4.79 Å². The molecule has 0 bridgehead atoms. The molecule has 1 amide bonds. The molecule has 1 aliphatic carbocycles. The first-order valence-corrected chi connectivity index (χ1v) is 6.68. The van der Waals surface area contributed by atoms with E-state index in [1.165, 1.54) is 12.8 Å². The van der Waals surface area contributed by atoms with Crippen molar-refractivity contribution in [2.24, 2.45) is 0 Å². The molecule has 1 saturated carbocycles. The second-order valence-electron chi connectivity index (χ2n) is 3.90. The molecule has 0 heterocycles. The summed E-state index contributed by atoms with van der Waals surface area (Å²) in [6.07, 6.45) is 4.41. The Morgan fingerprint density at radius 1 is 1.44 bits per heavy atom. The van der Waals surface area contributed by atoms with Crippen molar-refractivity contribution in [2.75, 3.05) is 18.1 Å². The van der Waals surface area contributed by atoms with Gasteiger partial charge in [-0.1, -0.05) is 12.1 Å². The number of para-hydroxylation sites is 1. The van der Waals surface area contributed by atoms with E-state index in [0.29, 0.717) is 12.6 Å². The number of carbonyl (C=O) groups is 1. The number of nitrogens with one attached hydrogen (secondary N) is 2. The van der Waals surface area contributed by atoms with Gasteiger partial charge >= 0.3 is 0 Å². The zero-order chi connectivity index (χ0) is 11.4. The van der Waals surface area contributed by atoms with E-state index in [2.05, 4.69) is 10.6 Å². The fraction of sp³-hybridized carbons (Fsp3) is 0.417. The van der Waals surface area contributed by atoms with Crippen LogP contribution in [0.5, 0.6) is 0 Å². The first-order chi connectivity index (χ1) is 7.79. The van der Waals surface area contributed by atoms with Crippen LogP contribution in [0.2, 0.25) is 0 Å². The van der Waals surface area contributed by atoms with Crippen LogP contribution in [0.25, 0.3) is 0 Å². The maximum Gasteiger partial charge on any atom is 0.238 e. The Bertz CT molecular complexity index is 377. The molecule has 0 saturated heterocycles. The molecule has 0 spiro atoms. The van der Waals surface area contributed by atoms with E-state index in [0.717, 1.165) is 10.6 Å². The highest BCUT2D eigenvalue weighted by molar-refractivity contribution is 7.98. The second kappa shape index (κ2) is 5.37. The van der Waals surface area contributed by atoms with Crippen molar-refractivity contribution in [2.45, 2.75) is 23.8 Å². The van der Waals surface area contributed by atoms with E-state index >= 15 is 0 Å². The lowest BCUT2D eigenvalue weighted by atomic mass is 10.3. The number of thioether (sulfide) groups is 1. The van der Waals surface area contributed by atoms with E-state index < -0.39 is 0 Å². The maximum absolute atomic E-state index is 11.6. The van der Waals surface area contributed by atoms with Crippen LogP contribution in [0.15, 0.2) is 29.2 Å². The Balaban J connectivity index is 1.88. The lowest BCUT2D eigenvalue weighted by molar-refractivity contribution is -0.115. The van der Waals surface area contributed by atoms with Crippen LogP contribution >= 0.6 is 11.8 Å². The number of amides is 1. The molecule has 1 fully saturated rings. The van der Waals surface area contributed by atoms with Gasteiger partial charge in [0.25, 0.3) is 0 Å². The largest absolute Gasteiger partial charge is 0.324 e.